The second kappa shape index (κ2) is 34.1. The van der Waals surface area contributed by atoms with Crippen LogP contribution in [0.25, 0.3) is 43.1 Å². The molecule has 0 saturated heterocycles. The molecule has 12 rings (SSSR count). The molecule has 0 saturated carbocycles. The molecule has 0 N–H and O–H groups in total. The van der Waals surface area contributed by atoms with E-state index in [0.717, 1.165) is 0 Å². The van der Waals surface area contributed by atoms with E-state index in [0.29, 0.717) is 23.7 Å². The molecule has 0 heterocycles. The van der Waals surface area contributed by atoms with Gasteiger partial charge in [-0.3, -0.25) is 0 Å². The number of fused-ring (bicyclic) bond motifs is 4. The zero-order valence-electron chi connectivity index (χ0n) is 53.8. The van der Waals surface area contributed by atoms with E-state index >= 15 is 0 Å². The second-order valence-electron chi connectivity index (χ2n) is 23.9. The van der Waals surface area contributed by atoms with Crippen LogP contribution in [-0.2, 0) is 46.7 Å². The molecule has 0 fully saturated rings. The molecule has 86 heavy (non-hydrogen) atoms. The molecule has 0 spiro atoms. The molecule has 0 radical (unpaired) electrons. The Labute approximate surface area is 560 Å². The van der Waals surface area contributed by atoms with E-state index in [2.05, 4.69) is 328 Å². The topological polar surface area (TPSA) is 0 Å². The Morgan fingerprint density at radius 1 is 0.279 bits per heavy atom. The van der Waals surface area contributed by atoms with Gasteiger partial charge in [0.2, 0.25) is 0 Å². The van der Waals surface area contributed by atoms with Gasteiger partial charge in [-0.1, -0.05) is 251 Å². The fourth-order valence-corrected chi connectivity index (χ4v) is 11.6. The number of rotatable bonds is 8. The molecule has 0 amide bonds. The molecule has 4 atom stereocenters. The molecule has 4 unspecified atom stereocenters. The summed E-state index contributed by atoms with van der Waals surface area (Å²) in [6.07, 6.45) is 0. The van der Waals surface area contributed by atoms with Gasteiger partial charge < -0.3 is 24.8 Å². The minimum atomic E-state index is 0. The molecule has 0 nitrogen and oxygen atoms in total. The van der Waals surface area contributed by atoms with Gasteiger partial charge in [0.05, 0.1) is 0 Å². The zero-order valence-corrected chi connectivity index (χ0v) is 62.3. The van der Waals surface area contributed by atoms with Gasteiger partial charge in [-0.25, -0.2) is 0 Å². The number of hydrogen-bond acceptors (Lipinski definition) is 0. The molecule has 0 aliphatic carbocycles. The van der Waals surface area contributed by atoms with Crippen LogP contribution >= 0.6 is 0 Å². The fourth-order valence-electron chi connectivity index (χ4n) is 11.6. The van der Waals surface area contributed by atoms with Crippen LogP contribution in [-0.4, -0.2) is 10.9 Å². The monoisotopic (exact) mass is 1350 g/mol. The van der Waals surface area contributed by atoms with Crippen LogP contribution in [0.3, 0.4) is 0 Å². The van der Waals surface area contributed by atoms with Crippen LogP contribution in [0.1, 0.15) is 140 Å². The third kappa shape index (κ3) is 19.0. The molecule has 0 aromatic heterocycles. The van der Waals surface area contributed by atoms with Gasteiger partial charge in [0.15, 0.2) is 0 Å². The third-order valence-corrected chi connectivity index (χ3v) is 16.2. The summed E-state index contributed by atoms with van der Waals surface area (Å²) in [5.74, 6) is 1.74. The van der Waals surface area contributed by atoms with Crippen molar-refractivity contribution in [1.82, 2.24) is 0 Å². The first kappa shape index (κ1) is 71.7. The number of aryl methyl sites for hydroxylation is 8. The normalized spacial score (nSPS) is 12.0. The number of benzene rings is 8. The number of hydrogen-bond donors (Lipinski definition) is 0. The summed E-state index contributed by atoms with van der Waals surface area (Å²) in [5.41, 5.74) is 22.5. The smallest absolute Gasteiger partial charge is 0.00276 e. The van der Waals surface area contributed by atoms with E-state index in [1.165, 1.54) is 132 Å². The maximum atomic E-state index is 2.32. The quantitative estimate of drug-likeness (QED) is 0.105. The van der Waals surface area contributed by atoms with Crippen LogP contribution in [0.2, 0.25) is 26.2 Å². The summed E-state index contributed by atoms with van der Waals surface area (Å²) in [7, 11) is 0. The molecular formula is C80H88Cl2Si2Zr2-2. The Bertz CT molecular complexity index is 3560. The van der Waals surface area contributed by atoms with Crippen molar-refractivity contribution in [1.29, 1.82) is 0 Å². The molecule has 440 valence electrons. The SMILES string of the molecule is C[Si](C)=[Zr+2].C[Si](C)=[Zr+2].Cc1cc2c(C(C)c3ccccc3)ccc(C)c2[cH-]1.Cc1cc2c(C(C)c3ccccc3)ccc(C)c2[cH-]1.Cc1cc2c(C(C)c3ccccc3)ccc(C)c2[cH-]1.Cc1cc2c(C(C)c3ccccc3)ccc(C)c2[cH-]1.[Cl-].[Cl-]. The Hall–Kier alpha value is -5.02. The average molecular weight is 1360 g/mol. The number of halogens is 2. The molecular weight excluding hydrogens is 1270 g/mol. The minimum absolute atomic E-state index is 0. The summed E-state index contributed by atoms with van der Waals surface area (Å²) in [4.78, 5) is 0. The molecule has 6 heteroatoms. The Morgan fingerprint density at radius 2 is 0.442 bits per heavy atom. The van der Waals surface area contributed by atoms with Crippen molar-refractivity contribution in [2.24, 2.45) is 0 Å². The molecule has 0 aliphatic heterocycles. The Kier molecular flexibility index (Phi) is 28.4. The van der Waals surface area contributed by atoms with Gasteiger partial charge in [-0.15, -0.1) is 136 Å². The standard InChI is InChI=1S/4C19H19.2C2H6Si.2ClH.2Zr/c4*1-13-11-18-14(2)9-10-17(19(18)12-13)15(3)16-7-5-4-6-8-16;2*1-3-2;;;;/h4*4-12,15H,1-3H3;2*1-2H3;2*1H;;/q4*-1;;;;;2*+2/p-2. The molecule has 0 bridgehead atoms. The van der Waals surface area contributed by atoms with Crippen molar-refractivity contribution in [2.45, 2.75) is 133 Å². The molecule has 0 aliphatic rings. The summed E-state index contributed by atoms with van der Waals surface area (Å²) >= 11 is 3.48. The molecule has 12 aromatic carbocycles. The first-order valence-electron chi connectivity index (χ1n) is 30.0. The first-order valence-corrected chi connectivity index (χ1v) is 42.4. The van der Waals surface area contributed by atoms with Gasteiger partial charge in [-0.2, -0.15) is 24.3 Å². The second-order valence-corrected chi connectivity index (χ2v) is 42.6. The maximum absolute atomic E-state index is 2.32. The Balaban J connectivity index is 0.000000199. The summed E-state index contributed by atoms with van der Waals surface area (Å²) < 4.78 is 0. The Morgan fingerprint density at radius 3 is 0.605 bits per heavy atom. The minimum Gasteiger partial charge on any atom is -1.00 e. The van der Waals surface area contributed by atoms with E-state index < -0.39 is 0 Å². The van der Waals surface area contributed by atoms with Crippen LogP contribution in [0.4, 0.5) is 0 Å². The maximum Gasteiger partial charge on any atom is -0.00276 e. The summed E-state index contributed by atoms with van der Waals surface area (Å²) in [6.45, 7) is 35.9. The van der Waals surface area contributed by atoms with E-state index in [1.807, 2.05) is 0 Å². The first-order chi connectivity index (χ1) is 40.1. The summed E-state index contributed by atoms with van der Waals surface area (Å²) in [6, 6.07) is 79.6. The van der Waals surface area contributed by atoms with Crippen molar-refractivity contribution >= 4 is 54.0 Å². The predicted molar refractivity (Wildman–Crippen MR) is 367 cm³/mol. The average Bonchev–Trinajstić information content (AvgIpc) is 4.20. The van der Waals surface area contributed by atoms with E-state index in [4.69, 9.17) is 0 Å². The van der Waals surface area contributed by atoms with E-state index in [-0.39, 0.29) is 35.7 Å². The predicted octanol–water partition coefficient (Wildman–Crippen LogP) is 16.9. The van der Waals surface area contributed by atoms with Crippen LogP contribution in [0.15, 0.2) is 218 Å². The summed E-state index contributed by atoms with van der Waals surface area (Å²) in [5, 5.41) is 11.2. The van der Waals surface area contributed by atoms with Crippen molar-refractivity contribution in [3.05, 3.63) is 307 Å². The van der Waals surface area contributed by atoms with Crippen molar-refractivity contribution in [3.63, 3.8) is 0 Å². The van der Waals surface area contributed by atoms with Crippen molar-refractivity contribution in [3.8, 4) is 0 Å². The van der Waals surface area contributed by atoms with Crippen molar-refractivity contribution < 1.29 is 71.5 Å². The van der Waals surface area contributed by atoms with Crippen LogP contribution in [0.5, 0.6) is 0 Å². The van der Waals surface area contributed by atoms with Crippen LogP contribution < -0.4 is 24.8 Å². The van der Waals surface area contributed by atoms with Gasteiger partial charge >= 0.3 is 83.7 Å². The van der Waals surface area contributed by atoms with Gasteiger partial charge in [-0.05, 0) is 45.9 Å². The largest absolute Gasteiger partial charge is 1.00 e. The van der Waals surface area contributed by atoms with E-state index in [9.17, 15) is 0 Å². The molecule has 12 aromatic rings. The van der Waals surface area contributed by atoms with Gasteiger partial charge in [0, 0.05) is 0 Å². The van der Waals surface area contributed by atoms with Crippen LogP contribution in [0, 0.1) is 55.4 Å². The zero-order chi connectivity index (χ0) is 60.8. The third-order valence-electron chi connectivity index (χ3n) is 16.2. The van der Waals surface area contributed by atoms with E-state index in [1.54, 1.807) is 46.7 Å². The van der Waals surface area contributed by atoms with Gasteiger partial charge in [0.1, 0.15) is 0 Å². The fraction of sp³-hybridized carbons (Fsp3) is 0.250. The van der Waals surface area contributed by atoms with Gasteiger partial charge in [0.25, 0.3) is 0 Å². The van der Waals surface area contributed by atoms with Crippen molar-refractivity contribution in [2.75, 3.05) is 0 Å².